The molecule has 2 aliphatic rings. The first kappa shape index (κ1) is 29.9. The van der Waals surface area contributed by atoms with Crippen molar-refractivity contribution in [3.8, 4) is 5.75 Å². The summed E-state index contributed by atoms with van der Waals surface area (Å²) in [4.78, 5) is 17.8. The summed E-state index contributed by atoms with van der Waals surface area (Å²) in [6.45, 7) is 11.5. The molecule has 0 saturated carbocycles. The van der Waals surface area contributed by atoms with Crippen LogP contribution in [-0.2, 0) is 25.7 Å². The van der Waals surface area contributed by atoms with Gasteiger partial charge < -0.3 is 24.4 Å². The molecule has 2 fully saturated rings. The number of rotatable bonds is 8. The Kier molecular flexibility index (Phi) is 8.48. The van der Waals surface area contributed by atoms with E-state index in [0.29, 0.717) is 59.6 Å². The Morgan fingerprint density at radius 2 is 1.86 bits per heavy atom. The van der Waals surface area contributed by atoms with E-state index in [2.05, 4.69) is 15.1 Å². The van der Waals surface area contributed by atoms with Gasteiger partial charge in [-0.3, -0.25) is 4.57 Å². The SMILES string of the molecule is [C-]#[N+]c1nc(Cc2cc(Nc3ccc(F)cc3S(C)(=O)=O)c3nc(C)n(C4CCCCO4)c3n2)ccc1OC1CCOCC1. The van der Waals surface area contributed by atoms with Gasteiger partial charge in [0.15, 0.2) is 15.5 Å². The van der Waals surface area contributed by atoms with Gasteiger partial charge >= 0.3 is 5.82 Å². The first-order valence-electron chi connectivity index (χ1n) is 14.6. The average Bonchev–Trinajstić information content (AvgIpc) is 3.35. The van der Waals surface area contributed by atoms with Gasteiger partial charge in [-0.25, -0.2) is 22.8 Å². The molecule has 0 spiro atoms. The van der Waals surface area contributed by atoms with Crippen molar-refractivity contribution < 1.29 is 27.0 Å². The number of fused-ring (bicyclic) bond motifs is 1. The molecule has 1 N–H and O–H groups in total. The molecule has 11 nitrogen and oxygen atoms in total. The van der Waals surface area contributed by atoms with Crippen molar-refractivity contribution in [3.63, 3.8) is 0 Å². The lowest BCUT2D eigenvalue weighted by Gasteiger charge is -2.25. The molecule has 230 valence electrons. The standard InChI is InChI=1S/C31H33FN6O5S/c1-19-34-29-25(37-24-9-7-20(32)16-27(24)44(3,39)40)18-22(36-31(29)38(19)28-6-4-5-13-42-28)17-21-8-10-26(30(33-2)35-21)43-23-11-14-41-15-12-23/h7-10,16,18,23,28H,4-6,11-15,17H2,1,3H3,(H,36,37). The highest BCUT2D eigenvalue weighted by molar-refractivity contribution is 7.90. The molecule has 5 heterocycles. The van der Waals surface area contributed by atoms with Gasteiger partial charge in [-0.15, -0.1) is 4.98 Å². The van der Waals surface area contributed by atoms with Crippen LogP contribution in [0.4, 0.5) is 21.6 Å². The first-order valence-corrected chi connectivity index (χ1v) is 16.5. The van der Waals surface area contributed by atoms with Crippen LogP contribution in [0.25, 0.3) is 16.0 Å². The predicted molar refractivity (Wildman–Crippen MR) is 162 cm³/mol. The molecule has 4 aromatic rings. The van der Waals surface area contributed by atoms with Crippen LogP contribution in [0.5, 0.6) is 5.75 Å². The number of aromatic nitrogens is 4. The number of ether oxygens (including phenoxy) is 3. The number of benzene rings is 1. The summed E-state index contributed by atoms with van der Waals surface area (Å²) in [5.74, 6) is 0.658. The smallest absolute Gasteiger partial charge is 0.312 e. The van der Waals surface area contributed by atoms with Crippen molar-refractivity contribution in [1.29, 1.82) is 0 Å². The summed E-state index contributed by atoms with van der Waals surface area (Å²) >= 11 is 0. The fourth-order valence-corrected chi connectivity index (χ4v) is 6.48. The van der Waals surface area contributed by atoms with Crippen molar-refractivity contribution >= 4 is 38.2 Å². The summed E-state index contributed by atoms with van der Waals surface area (Å²) in [5, 5.41) is 3.19. The summed E-state index contributed by atoms with van der Waals surface area (Å²) in [6, 6.07) is 8.96. The van der Waals surface area contributed by atoms with Gasteiger partial charge in [0.2, 0.25) is 0 Å². The number of sulfone groups is 1. The quantitative estimate of drug-likeness (QED) is 0.243. The molecule has 0 bridgehead atoms. The molecule has 3 aromatic heterocycles. The fraction of sp³-hybridized carbons (Fsp3) is 0.419. The molecule has 13 heteroatoms. The van der Waals surface area contributed by atoms with Gasteiger partial charge in [-0.1, -0.05) is 6.57 Å². The molecule has 2 saturated heterocycles. The zero-order chi connectivity index (χ0) is 30.8. The van der Waals surface area contributed by atoms with Crippen LogP contribution >= 0.6 is 0 Å². The number of pyridine rings is 2. The van der Waals surface area contributed by atoms with Crippen LogP contribution in [0.1, 0.15) is 55.5 Å². The minimum Gasteiger partial charge on any atom is -0.499 e. The van der Waals surface area contributed by atoms with Gasteiger partial charge in [0.05, 0.1) is 41.6 Å². The Morgan fingerprint density at radius 1 is 1.05 bits per heavy atom. The Balaban J connectivity index is 1.40. The first-order chi connectivity index (χ1) is 21.2. The van der Waals surface area contributed by atoms with E-state index in [9.17, 15) is 12.8 Å². The number of nitrogens with zero attached hydrogens (tertiary/aromatic N) is 5. The molecule has 1 unspecified atom stereocenters. The number of imidazole rings is 1. The lowest BCUT2D eigenvalue weighted by atomic mass is 10.1. The Bertz CT molecular complexity index is 1840. The summed E-state index contributed by atoms with van der Waals surface area (Å²) < 4.78 is 58.7. The van der Waals surface area contributed by atoms with Gasteiger partial charge in [0.25, 0.3) is 0 Å². The molecular formula is C31H33FN6O5S. The zero-order valence-electron chi connectivity index (χ0n) is 24.5. The molecule has 2 aliphatic heterocycles. The second-order valence-corrected chi connectivity index (χ2v) is 13.0. The maximum atomic E-state index is 14.1. The highest BCUT2D eigenvalue weighted by atomic mass is 32.2. The second kappa shape index (κ2) is 12.5. The molecule has 44 heavy (non-hydrogen) atoms. The van der Waals surface area contributed by atoms with Crippen LogP contribution in [-0.4, -0.2) is 60.1 Å². The van der Waals surface area contributed by atoms with E-state index >= 15 is 0 Å². The monoisotopic (exact) mass is 620 g/mol. The number of aryl methyl sites for hydroxylation is 1. The molecule has 0 amide bonds. The van der Waals surface area contributed by atoms with Crippen molar-refractivity contribution in [3.05, 3.63) is 70.8 Å². The third-order valence-corrected chi connectivity index (χ3v) is 8.90. The average molecular weight is 621 g/mol. The number of hydrogen-bond donors (Lipinski definition) is 1. The lowest BCUT2D eigenvalue weighted by Crippen LogP contribution is -2.25. The van der Waals surface area contributed by atoms with Crippen LogP contribution in [0.2, 0.25) is 0 Å². The number of anilines is 2. The molecule has 0 radical (unpaired) electrons. The molecular weight excluding hydrogens is 587 g/mol. The van der Waals surface area contributed by atoms with Crippen molar-refractivity contribution in [1.82, 2.24) is 19.5 Å². The van der Waals surface area contributed by atoms with Crippen LogP contribution < -0.4 is 10.1 Å². The van der Waals surface area contributed by atoms with Crippen LogP contribution in [0, 0.1) is 19.3 Å². The van der Waals surface area contributed by atoms with Crippen LogP contribution in [0.3, 0.4) is 0 Å². The highest BCUT2D eigenvalue weighted by Crippen LogP contribution is 2.35. The Morgan fingerprint density at radius 3 is 2.59 bits per heavy atom. The van der Waals surface area contributed by atoms with Gasteiger partial charge in [0.1, 0.15) is 40.9 Å². The van der Waals surface area contributed by atoms with Crippen molar-refractivity contribution in [2.24, 2.45) is 0 Å². The number of halogens is 1. The normalized spacial score (nSPS) is 17.8. The predicted octanol–water partition coefficient (Wildman–Crippen LogP) is 5.82. The maximum absolute atomic E-state index is 14.1. The summed E-state index contributed by atoms with van der Waals surface area (Å²) in [6.07, 6.45) is 5.36. The molecule has 1 atom stereocenters. The summed E-state index contributed by atoms with van der Waals surface area (Å²) in [7, 11) is -3.75. The van der Waals surface area contributed by atoms with Crippen molar-refractivity contribution in [2.45, 2.75) is 62.7 Å². The van der Waals surface area contributed by atoms with Gasteiger partial charge in [-0.2, -0.15) is 0 Å². The minimum atomic E-state index is -3.75. The summed E-state index contributed by atoms with van der Waals surface area (Å²) in [5.41, 5.74) is 3.05. The van der Waals surface area contributed by atoms with Gasteiger partial charge in [0, 0.05) is 25.7 Å². The molecule has 1 aromatic carbocycles. The Labute approximate surface area is 255 Å². The van der Waals surface area contributed by atoms with E-state index in [1.54, 1.807) is 12.1 Å². The second-order valence-electron chi connectivity index (χ2n) is 11.1. The number of hydrogen-bond acceptors (Lipinski definition) is 9. The fourth-order valence-electron chi connectivity index (χ4n) is 5.64. The number of nitrogens with one attached hydrogen (secondary N) is 1. The molecule has 6 rings (SSSR count). The van der Waals surface area contributed by atoms with E-state index in [1.807, 2.05) is 17.6 Å². The van der Waals surface area contributed by atoms with Gasteiger partial charge in [-0.05, 0) is 62.6 Å². The lowest BCUT2D eigenvalue weighted by molar-refractivity contribution is -0.0309. The zero-order valence-corrected chi connectivity index (χ0v) is 25.4. The van der Waals surface area contributed by atoms with E-state index < -0.39 is 15.7 Å². The maximum Gasteiger partial charge on any atom is 0.312 e. The third-order valence-electron chi connectivity index (χ3n) is 7.76. The van der Waals surface area contributed by atoms with E-state index in [0.717, 1.165) is 44.4 Å². The highest BCUT2D eigenvalue weighted by Gasteiger charge is 2.25. The van der Waals surface area contributed by atoms with E-state index in [1.165, 1.54) is 12.1 Å². The Hall–Kier alpha value is -4.12. The largest absolute Gasteiger partial charge is 0.499 e. The van der Waals surface area contributed by atoms with E-state index in [4.69, 9.17) is 30.8 Å². The van der Waals surface area contributed by atoms with E-state index in [-0.39, 0.29) is 35.2 Å². The minimum absolute atomic E-state index is 0.0246. The molecule has 0 aliphatic carbocycles. The van der Waals surface area contributed by atoms with Crippen LogP contribution in [0.15, 0.2) is 41.3 Å². The van der Waals surface area contributed by atoms with Crippen molar-refractivity contribution in [2.75, 3.05) is 31.4 Å². The topological polar surface area (TPSA) is 122 Å². The third kappa shape index (κ3) is 6.38.